The van der Waals surface area contributed by atoms with Gasteiger partial charge in [-0.3, -0.25) is 10.1 Å². The fourth-order valence-corrected chi connectivity index (χ4v) is 2.35. The van der Waals surface area contributed by atoms with Crippen molar-refractivity contribution in [1.82, 2.24) is 5.32 Å². The third kappa shape index (κ3) is 6.22. The number of rotatable bonds is 8. The lowest BCUT2D eigenvalue weighted by Gasteiger charge is -2.31. The van der Waals surface area contributed by atoms with Gasteiger partial charge in [0.05, 0.1) is 12.0 Å². The number of carbonyl (C=O) groups is 1. The second-order valence-corrected chi connectivity index (χ2v) is 6.65. The van der Waals surface area contributed by atoms with E-state index in [1.807, 2.05) is 20.8 Å². The van der Waals surface area contributed by atoms with Crippen LogP contribution in [-0.4, -0.2) is 37.9 Å². The van der Waals surface area contributed by atoms with Crippen molar-refractivity contribution >= 4 is 11.8 Å². The average Bonchev–Trinajstić information content (AvgIpc) is 2.52. The highest BCUT2D eigenvalue weighted by Crippen LogP contribution is 2.36. The van der Waals surface area contributed by atoms with Gasteiger partial charge in [-0.15, -0.1) is 0 Å². The van der Waals surface area contributed by atoms with Crippen LogP contribution in [-0.2, 0) is 4.74 Å². The van der Waals surface area contributed by atoms with Crippen LogP contribution in [0, 0.1) is 15.5 Å². The van der Waals surface area contributed by atoms with Crippen LogP contribution in [0.1, 0.15) is 33.6 Å². The van der Waals surface area contributed by atoms with Crippen molar-refractivity contribution in [3.63, 3.8) is 0 Å². The maximum Gasteiger partial charge on any atom is 0.413 e. The Hall–Kier alpha value is -2.35. The number of methoxy groups -OCH3 is 2. The van der Waals surface area contributed by atoms with E-state index >= 15 is 0 Å². The summed E-state index contributed by atoms with van der Waals surface area (Å²) in [6.07, 6.45) is 0.735. The molecule has 1 rings (SSSR count). The van der Waals surface area contributed by atoms with Gasteiger partial charge in [-0.25, -0.2) is 4.79 Å². The lowest BCUT2D eigenvalue weighted by atomic mass is 9.84. The van der Waals surface area contributed by atoms with Crippen molar-refractivity contribution in [1.29, 1.82) is 0 Å². The Bertz CT molecular complexity index is 597. The Kier molecular flexibility index (Phi) is 7.63. The minimum absolute atomic E-state index is 0.0303. The van der Waals surface area contributed by atoms with E-state index in [0.29, 0.717) is 13.0 Å². The summed E-state index contributed by atoms with van der Waals surface area (Å²) in [6.45, 7) is 6.58. The first kappa shape index (κ1) is 20.7. The number of hydrogen-bond donors (Lipinski definition) is 1. The molecule has 0 aromatic heterocycles. The first-order valence-corrected chi connectivity index (χ1v) is 7.99. The van der Waals surface area contributed by atoms with Crippen molar-refractivity contribution in [2.75, 3.05) is 20.8 Å². The van der Waals surface area contributed by atoms with Crippen molar-refractivity contribution in [3.05, 3.63) is 28.3 Å². The number of benzene rings is 1. The molecule has 0 saturated carbocycles. The summed E-state index contributed by atoms with van der Waals surface area (Å²) in [7, 11) is 2.94. The van der Waals surface area contributed by atoms with E-state index in [1.54, 1.807) is 7.11 Å². The van der Waals surface area contributed by atoms with Gasteiger partial charge in [0.25, 0.3) is 0 Å². The summed E-state index contributed by atoms with van der Waals surface area (Å²) in [5.74, 6) is -0.130. The van der Waals surface area contributed by atoms with Crippen LogP contribution in [0.4, 0.5) is 10.5 Å². The van der Waals surface area contributed by atoms with Crippen molar-refractivity contribution in [2.45, 2.75) is 39.7 Å². The number of hydrogen-bond acceptors (Lipinski definition) is 6. The monoisotopic (exact) mass is 354 g/mol. The standard InChI is InChI=1S/C17H26N2O6/c1-17(2,3)14(10-7-11-23-4)18-16(20)25-13-9-6-8-12(24-5)15(13)19(21)22/h6,8-9,14H,7,10-11H2,1-5H3,(H,18,20). The van der Waals surface area contributed by atoms with Gasteiger partial charge in [-0.1, -0.05) is 26.8 Å². The number of nitrogens with zero attached hydrogens (tertiary/aromatic N) is 1. The molecule has 0 spiro atoms. The first-order chi connectivity index (χ1) is 11.7. The molecule has 1 aromatic rings. The third-order valence-corrected chi connectivity index (χ3v) is 3.75. The van der Waals surface area contributed by atoms with Crippen LogP contribution in [0.2, 0.25) is 0 Å². The van der Waals surface area contributed by atoms with E-state index in [0.717, 1.165) is 6.42 Å². The maximum absolute atomic E-state index is 12.2. The SMILES string of the molecule is COCCCC(NC(=O)Oc1cccc(OC)c1[N+](=O)[O-])C(C)(C)C. The van der Waals surface area contributed by atoms with E-state index in [2.05, 4.69) is 5.32 Å². The highest BCUT2D eigenvalue weighted by atomic mass is 16.6. The van der Waals surface area contributed by atoms with Crippen LogP contribution in [0.15, 0.2) is 18.2 Å². The molecule has 8 nitrogen and oxygen atoms in total. The molecule has 25 heavy (non-hydrogen) atoms. The van der Waals surface area contributed by atoms with Gasteiger partial charge in [0.15, 0.2) is 0 Å². The quantitative estimate of drug-likeness (QED) is 0.435. The Balaban J connectivity index is 2.89. The van der Waals surface area contributed by atoms with E-state index in [4.69, 9.17) is 14.2 Å². The Morgan fingerprint density at radius 1 is 1.28 bits per heavy atom. The lowest BCUT2D eigenvalue weighted by molar-refractivity contribution is -0.386. The number of carbonyl (C=O) groups excluding carboxylic acids is 1. The molecule has 0 saturated heterocycles. The van der Waals surface area contributed by atoms with E-state index < -0.39 is 11.0 Å². The van der Waals surface area contributed by atoms with Gasteiger partial charge in [0.1, 0.15) is 0 Å². The van der Waals surface area contributed by atoms with Crippen LogP contribution >= 0.6 is 0 Å². The Labute approximate surface area is 147 Å². The van der Waals surface area contributed by atoms with Gasteiger partial charge in [0, 0.05) is 19.8 Å². The van der Waals surface area contributed by atoms with Crippen LogP contribution in [0.25, 0.3) is 0 Å². The van der Waals surface area contributed by atoms with Gasteiger partial charge in [0.2, 0.25) is 11.5 Å². The topological polar surface area (TPSA) is 99.9 Å². The van der Waals surface area contributed by atoms with Gasteiger partial charge in [-0.2, -0.15) is 0 Å². The minimum Gasteiger partial charge on any atom is -0.490 e. The zero-order chi connectivity index (χ0) is 19.0. The van der Waals surface area contributed by atoms with E-state index in [9.17, 15) is 14.9 Å². The summed E-state index contributed by atoms with van der Waals surface area (Å²) in [4.78, 5) is 22.8. The molecule has 140 valence electrons. The molecule has 1 N–H and O–H groups in total. The van der Waals surface area contributed by atoms with Crippen LogP contribution in [0.3, 0.4) is 0 Å². The predicted octanol–water partition coefficient (Wildman–Crippen LogP) is 3.53. The summed E-state index contributed by atoms with van der Waals surface area (Å²) < 4.78 is 15.2. The van der Waals surface area contributed by atoms with Crippen molar-refractivity contribution < 1.29 is 23.9 Å². The molecule has 0 heterocycles. The molecule has 0 radical (unpaired) electrons. The normalized spacial score (nSPS) is 12.4. The molecule has 0 fully saturated rings. The highest BCUT2D eigenvalue weighted by molar-refractivity contribution is 5.73. The molecule has 0 aliphatic rings. The molecule has 1 atom stereocenters. The summed E-state index contributed by atoms with van der Waals surface area (Å²) >= 11 is 0. The van der Waals surface area contributed by atoms with Crippen molar-refractivity contribution in [2.24, 2.45) is 5.41 Å². The highest BCUT2D eigenvalue weighted by Gasteiger charge is 2.28. The summed E-state index contributed by atoms with van der Waals surface area (Å²) in [5.41, 5.74) is -0.584. The molecular formula is C17H26N2O6. The molecular weight excluding hydrogens is 328 g/mol. The van der Waals surface area contributed by atoms with Gasteiger partial charge in [-0.05, 0) is 30.4 Å². The molecule has 1 aromatic carbocycles. The van der Waals surface area contributed by atoms with E-state index in [1.165, 1.54) is 25.3 Å². The molecule has 1 amide bonds. The largest absolute Gasteiger partial charge is 0.490 e. The zero-order valence-corrected chi connectivity index (χ0v) is 15.3. The number of para-hydroxylation sites is 1. The smallest absolute Gasteiger partial charge is 0.413 e. The number of nitrogens with one attached hydrogen (secondary N) is 1. The number of nitro groups is 1. The lowest BCUT2D eigenvalue weighted by Crippen LogP contribution is -2.45. The maximum atomic E-state index is 12.2. The third-order valence-electron chi connectivity index (χ3n) is 3.75. The minimum atomic E-state index is -0.742. The second kappa shape index (κ2) is 9.22. The number of ether oxygens (including phenoxy) is 3. The van der Waals surface area contributed by atoms with Crippen LogP contribution < -0.4 is 14.8 Å². The van der Waals surface area contributed by atoms with Crippen molar-refractivity contribution in [3.8, 4) is 11.5 Å². The number of nitro benzene ring substituents is 1. The first-order valence-electron chi connectivity index (χ1n) is 7.99. The van der Waals surface area contributed by atoms with Crippen LogP contribution in [0.5, 0.6) is 11.5 Å². The molecule has 0 aliphatic heterocycles. The second-order valence-electron chi connectivity index (χ2n) is 6.65. The van der Waals surface area contributed by atoms with Gasteiger partial charge >= 0.3 is 11.8 Å². The zero-order valence-electron chi connectivity index (χ0n) is 15.3. The molecule has 0 aliphatic carbocycles. The van der Waals surface area contributed by atoms with E-state index in [-0.39, 0.29) is 28.6 Å². The fraction of sp³-hybridized carbons (Fsp3) is 0.588. The Morgan fingerprint density at radius 2 is 1.92 bits per heavy atom. The molecule has 1 unspecified atom stereocenters. The Morgan fingerprint density at radius 3 is 2.44 bits per heavy atom. The van der Waals surface area contributed by atoms with Gasteiger partial charge < -0.3 is 19.5 Å². The summed E-state index contributed by atoms with van der Waals surface area (Å²) in [6, 6.07) is 4.15. The fourth-order valence-electron chi connectivity index (χ4n) is 2.35. The molecule has 0 bridgehead atoms. The predicted molar refractivity (Wildman–Crippen MR) is 93.2 cm³/mol. The average molecular weight is 354 g/mol. The summed E-state index contributed by atoms with van der Waals surface area (Å²) in [5, 5.41) is 14.0. The molecule has 8 heteroatoms. The number of amides is 1.